The molecule has 1 aliphatic carbocycles. The molecule has 0 fully saturated rings. The summed E-state index contributed by atoms with van der Waals surface area (Å²) in [6, 6.07) is 15.0. The molecule has 0 spiro atoms. The average molecular weight is 290 g/mol. The van der Waals surface area contributed by atoms with Crippen molar-refractivity contribution in [3.63, 3.8) is 0 Å². The van der Waals surface area contributed by atoms with Crippen molar-refractivity contribution in [2.45, 2.75) is 12.8 Å². The second-order valence-electron chi connectivity index (χ2n) is 5.41. The lowest BCUT2D eigenvalue weighted by atomic mass is 10.1. The van der Waals surface area contributed by atoms with Gasteiger partial charge in [-0.05, 0) is 31.0 Å². The first kappa shape index (κ1) is 12.8. The van der Waals surface area contributed by atoms with E-state index in [2.05, 4.69) is 28.9 Å². The molecule has 2 aromatic carbocycles. The molecule has 0 N–H and O–H groups in total. The van der Waals surface area contributed by atoms with Crippen LogP contribution in [0.15, 0.2) is 48.5 Å². The molecule has 4 nitrogen and oxygen atoms in total. The Morgan fingerprint density at radius 1 is 0.955 bits per heavy atom. The lowest BCUT2D eigenvalue weighted by molar-refractivity contribution is -0.384. The predicted octanol–water partition coefficient (Wildman–Crippen LogP) is 2.89. The number of hydrogen-bond acceptors (Lipinski definition) is 2. The summed E-state index contributed by atoms with van der Waals surface area (Å²) in [4.78, 5) is 10.5. The fourth-order valence-electron chi connectivity index (χ4n) is 3.15. The van der Waals surface area contributed by atoms with E-state index >= 15 is 0 Å². The van der Waals surface area contributed by atoms with Gasteiger partial charge < -0.3 is 4.57 Å². The molecule has 0 radical (unpaired) electrons. The highest BCUT2D eigenvalue weighted by molar-refractivity contribution is 5.84. The summed E-state index contributed by atoms with van der Waals surface area (Å²) in [5.41, 5.74) is 2.20. The van der Waals surface area contributed by atoms with Crippen LogP contribution in [0.5, 0.6) is 0 Å². The summed E-state index contributed by atoms with van der Waals surface area (Å²) in [5, 5.41) is 14.5. The highest BCUT2D eigenvalue weighted by Gasteiger charge is 2.12. The molecule has 3 aromatic rings. The monoisotopic (exact) mass is 290 g/mol. The molecule has 1 heterocycles. The van der Waals surface area contributed by atoms with Gasteiger partial charge in [0.05, 0.1) is 10.4 Å². The van der Waals surface area contributed by atoms with E-state index in [1.54, 1.807) is 12.1 Å². The molecular formula is C18H14N2O2. The number of nitro benzene ring substituents is 1. The number of hydrogen-bond donors (Lipinski definition) is 0. The molecule has 22 heavy (non-hydrogen) atoms. The lowest BCUT2D eigenvalue weighted by Gasteiger charge is -2.07. The Hall–Kier alpha value is -2.88. The smallest absolute Gasteiger partial charge is 0.269 e. The highest BCUT2D eigenvalue weighted by atomic mass is 16.6. The third-order valence-electron chi connectivity index (χ3n) is 4.12. The van der Waals surface area contributed by atoms with Crippen LogP contribution in [0, 0.1) is 10.1 Å². The summed E-state index contributed by atoms with van der Waals surface area (Å²) in [6.45, 7) is 0. The zero-order valence-electron chi connectivity index (χ0n) is 11.9. The third kappa shape index (κ3) is 1.84. The SMILES string of the molecule is O=[N+]([O-])c1ccc(-n2c3c(c4ccccc42)=CCCC=3)cc1. The van der Waals surface area contributed by atoms with Gasteiger partial charge in [-0.15, -0.1) is 0 Å². The normalized spacial score (nSPS) is 13.3. The first-order valence-corrected chi connectivity index (χ1v) is 7.30. The van der Waals surface area contributed by atoms with E-state index in [-0.39, 0.29) is 10.6 Å². The van der Waals surface area contributed by atoms with Gasteiger partial charge in [-0.1, -0.05) is 30.4 Å². The maximum absolute atomic E-state index is 10.8. The molecule has 0 unspecified atom stereocenters. The van der Waals surface area contributed by atoms with E-state index in [1.807, 2.05) is 24.3 Å². The van der Waals surface area contributed by atoms with Gasteiger partial charge in [0.1, 0.15) is 0 Å². The van der Waals surface area contributed by atoms with Gasteiger partial charge in [0.2, 0.25) is 0 Å². The Bertz CT molecular complexity index is 998. The fourth-order valence-corrected chi connectivity index (χ4v) is 3.15. The van der Waals surface area contributed by atoms with Crippen LogP contribution in [-0.2, 0) is 0 Å². The average Bonchev–Trinajstić information content (AvgIpc) is 2.89. The maximum atomic E-state index is 10.8. The predicted molar refractivity (Wildman–Crippen MR) is 87.3 cm³/mol. The van der Waals surface area contributed by atoms with Crippen molar-refractivity contribution in [1.82, 2.24) is 4.57 Å². The van der Waals surface area contributed by atoms with Crippen molar-refractivity contribution < 1.29 is 4.92 Å². The second kappa shape index (κ2) is 4.84. The van der Waals surface area contributed by atoms with Gasteiger partial charge in [0.25, 0.3) is 5.69 Å². The van der Waals surface area contributed by atoms with Gasteiger partial charge in [-0.2, -0.15) is 0 Å². The molecule has 0 atom stereocenters. The minimum absolute atomic E-state index is 0.115. The summed E-state index contributed by atoms with van der Waals surface area (Å²) >= 11 is 0. The Labute approximate surface area is 126 Å². The van der Waals surface area contributed by atoms with E-state index in [4.69, 9.17) is 0 Å². The molecule has 1 aliphatic rings. The van der Waals surface area contributed by atoms with Gasteiger partial charge in [-0.25, -0.2) is 0 Å². The van der Waals surface area contributed by atoms with Crippen molar-refractivity contribution >= 4 is 28.7 Å². The zero-order chi connectivity index (χ0) is 15.1. The topological polar surface area (TPSA) is 48.1 Å². The van der Waals surface area contributed by atoms with Crippen molar-refractivity contribution in [3.8, 4) is 5.69 Å². The van der Waals surface area contributed by atoms with Crippen molar-refractivity contribution in [2.24, 2.45) is 0 Å². The number of aromatic nitrogens is 1. The lowest BCUT2D eigenvalue weighted by Crippen LogP contribution is -2.30. The Morgan fingerprint density at radius 3 is 2.45 bits per heavy atom. The molecule has 0 saturated heterocycles. The Morgan fingerprint density at radius 2 is 1.68 bits per heavy atom. The minimum Gasteiger partial charge on any atom is -0.310 e. The molecular weight excluding hydrogens is 276 g/mol. The third-order valence-corrected chi connectivity index (χ3v) is 4.12. The van der Waals surface area contributed by atoms with Gasteiger partial charge in [0, 0.05) is 33.8 Å². The number of nitrogens with zero attached hydrogens (tertiary/aromatic N) is 2. The van der Waals surface area contributed by atoms with Crippen LogP contribution in [0.4, 0.5) is 5.69 Å². The molecule has 0 aliphatic heterocycles. The molecule has 1 aromatic heterocycles. The van der Waals surface area contributed by atoms with Gasteiger partial charge >= 0.3 is 0 Å². The molecule has 0 saturated carbocycles. The quantitative estimate of drug-likeness (QED) is 0.538. The summed E-state index contributed by atoms with van der Waals surface area (Å²) in [5.74, 6) is 0. The standard InChI is InChI=1S/C18H14N2O2/c21-20(22)14-11-9-13(10-12-14)19-17-7-3-1-5-15(17)16-6-2-4-8-18(16)19/h1,3,5-12H,2,4H2. The zero-order valence-corrected chi connectivity index (χ0v) is 11.9. The molecule has 0 bridgehead atoms. The van der Waals surface area contributed by atoms with Crippen molar-refractivity contribution in [3.05, 3.63) is 69.2 Å². The first-order valence-electron chi connectivity index (χ1n) is 7.30. The largest absolute Gasteiger partial charge is 0.310 e. The molecule has 0 amide bonds. The highest BCUT2D eigenvalue weighted by Crippen LogP contribution is 2.19. The van der Waals surface area contributed by atoms with Crippen LogP contribution in [0.2, 0.25) is 0 Å². The molecule has 108 valence electrons. The maximum Gasteiger partial charge on any atom is 0.269 e. The van der Waals surface area contributed by atoms with Crippen LogP contribution in [0.3, 0.4) is 0 Å². The van der Waals surface area contributed by atoms with Crippen LogP contribution in [-0.4, -0.2) is 9.49 Å². The number of fused-ring (bicyclic) bond motifs is 3. The molecule has 4 rings (SSSR count). The van der Waals surface area contributed by atoms with Crippen LogP contribution in [0.25, 0.3) is 28.7 Å². The second-order valence-corrected chi connectivity index (χ2v) is 5.41. The number of benzene rings is 2. The van der Waals surface area contributed by atoms with Crippen molar-refractivity contribution in [1.29, 1.82) is 0 Å². The van der Waals surface area contributed by atoms with E-state index in [1.165, 1.54) is 16.0 Å². The van der Waals surface area contributed by atoms with E-state index in [0.29, 0.717) is 0 Å². The van der Waals surface area contributed by atoms with Gasteiger partial charge in [-0.3, -0.25) is 10.1 Å². The number of non-ortho nitro benzene ring substituents is 1. The fraction of sp³-hybridized carbons (Fsp3) is 0.111. The van der Waals surface area contributed by atoms with Gasteiger partial charge in [0.15, 0.2) is 0 Å². The van der Waals surface area contributed by atoms with E-state index < -0.39 is 0 Å². The Kier molecular flexibility index (Phi) is 2.82. The number of para-hydroxylation sites is 1. The van der Waals surface area contributed by atoms with Crippen molar-refractivity contribution in [2.75, 3.05) is 0 Å². The van der Waals surface area contributed by atoms with E-state index in [0.717, 1.165) is 24.0 Å². The summed E-state index contributed by atoms with van der Waals surface area (Å²) in [6.07, 6.45) is 6.61. The Balaban J connectivity index is 2.05. The van der Waals surface area contributed by atoms with Crippen LogP contribution >= 0.6 is 0 Å². The first-order chi connectivity index (χ1) is 10.8. The van der Waals surface area contributed by atoms with Crippen LogP contribution in [0.1, 0.15) is 12.8 Å². The molecule has 4 heteroatoms. The van der Waals surface area contributed by atoms with E-state index in [9.17, 15) is 10.1 Å². The summed E-state index contributed by atoms with van der Waals surface area (Å²) < 4.78 is 2.18. The summed E-state index contributed by atoms with van der Waals surface area (Å²) in [7, 11) is 0. The number of nitro groups is 1. The minimum atomic E-state index is -0.368. The van der Waals surface area contributed by atoms with Crippen LogP contribution < -0.4 is 10.6 Å². The number of rotatable bonds is 2.